The molecule has 1 atom stereocenters. The molecule has 0 saturated carbocycles. The van der Waals surface area contributed by atoms with Crippen LogP contribution in [0.2, 0.25) is 5.15 Å². The number of carbonyl (C=O) groups excluding carboxylic acids is 3. The lowest BCUT2D eigenvalue weighted by Gasteiger charge is -2.14. The summed E-state index contributed by atoms with van der Waals surface area (Å²) in [6.07, 6.45) is -1.29. The highest BCUT2D eigenvalue weighted by Gasteiger charge is 2.26. The first kappa shape index (κ1) is 25.2. The Hall–Kier alpha value is -3.08. The van der Waals surface area contributed by atoms with Crippen molar-refractivity contribution >= 4 is 35.1 Å². The zero-order chi connectivity index (χ0) is 24.2. The van der Waals surface area contributed by atoms with E-state index in [2.05, 4.69) is 10.4 Å². The van der Waals surface area contributed by atoms with Crippen LogP contribution in [0, 0.1) is 30.3 Å². The quantitative estimate of drug-likeness (QED) is 0.452. The fourth-order valence-corrected chi connectivity index (χ4v) is 2.97. The molecule has 0 aliphatic carbocycles. The topological polar surface area (TPSA) is 102 Å². The largest absolute Gasteiger partial charge is 0.449 e. The van der Waals surface area contributed by atoms with Crippen LogP contribution in [0.3, 0.4) is 0 Å². The fraction of sp³-hybridized carbons (Fsp3) is 0.400. The number of benzene rings is 1. The van der Waals surface area contributed by atoms with Gasteiger partial charge in [0.2, 0.25) is 5.91 Å². The molecule has 0 aliphatic heterocycles. The van der Waals surface area contributed by atoms with E-state index in [9.17, 15) is 27.6 Å². The Morgan fingerprint density at radius 3 is 2.44 bits per heavy atom. The SMILES string of the molecule is Cc1nn(CC(C)C)c(Cl)c1C(=O)O[C@H](C)C(=O)NCC(=O)Nc1ccc(F)c(F)c1F. The first-order valence-corrected chi connectivity index (χ1v) is 9.95. The van der Waals surface area contributed by atoms with Crippen LogP contribution in [0.5, 0.6) is 0 Å². The highest BCUT2D eigenvalue weighted by atomic mass is 35.5. The summed E-state index contributed by atoms with van der Waals surface area (Å²) in [6, 6.07) is 1.48. The molecule has 0 aliphatic rings. The number of hydrogen-bond acceptors (Lipinski definition) is 5. The Labute approximate surface area is 187 Å². The summed E-state index contributed by atoms with van der Waals surface area (Å²) < 4.78 is 46.3. The van der Waals surface area contributed by atoms with Gasteiger partial charge in [-0.1, -0.05) is 25.4 Å². The smallest absolute Gasteiger partial charge is 0.343 e. The van der Waals surface area contributed by atoms with Gasteiger partial charge in [0, 0.05) is 6.54 Å². The van der Waals surface area contributed by atoms with Gasteiger partial charge in [0.05, 0.1) is 17.9 Å². The summed E-state index contributed by atoms with van der Waals surface area (Å²) in [5.74, 6) is -7.08. The molecular weight excluding hydrogens is 453 g/mol. The Kier molecular flexibility index (Phi) is 8.25. The molecule has 32 heavy (non-hydrogen) atoms. The molecule has 1 aromatic carbocycles. The summed E-state index contributed by atoms with van der Waals surface area (Å²) in [5, 5.41) is 8.47. The molecule has 2 amide bonds. The Bertz CT molecular complexity index is 1040. The van der Waals surface area contributed by atoms with Crippen molar-refractivity contribution in [3.63, 3.8) is 0 Å². The predicted octanol–water partition coefficient (Wildman–Crippen LogP) is 3.22. The number of aromatic nitrogens is 2. The maximum absolute atomic E-state index is 13.6. The minimum Gasteiger partial charge on any atom is -0.449 e. The molecule has 1 heterocycles. The molecule has 0 saturated heterocycles. The number of nitrogens with one attached hydrogen (secondary N) is 2. The lowest BCUT2D eigenvalue weighted by Crippen LogP contribution is -2.40. The second-order valence-corrected chi connectivity index (χ2v) is 7.72. The van der Waals surface area contributed by atoms with Crippen molar-refractivity contribution in [2.75, 3.05) is 11.9 Å². The molecule has 0 radical (unpaired) electrons. The summed E-state index contributed by atoms with van der Waals surface area (Å²) in [6.45, 7) is 6.61. The molecule has 0 unspecified atom stereocenters. The number of rotatable bonds is 8. The number of esters is 1. The van der Waals surface area contributed by atoms with Crippen molar-refractivity contribution in [3.05, 3.63) is 46.0 Å². The van der Waals surface area contributed by atoms with Gasteiger partial charge in [0.25, 0.3) is 5.91 Å². The van der Waals surface area contributed by atoms with Crippen molar-refractivity contribution in [3.8, 4) is 0 Å². The van der Waals surface area contributed by atoms with E-state index in [1.54, 1.807) is 6.92 Å². The molecule has 174 valence electrons. The highest BCUT2D eigenvalue weighted by molar-refractivity contribution is 6.32. The van der Waals surface area contributed by atoms with E-state index >= 15 is 0 Å². The number of anilines is 1. The Morgan fingerprint density at radius 2 is 1.81 bits per heavy atom. The number of hydrogen-bond donors (Lipinski definition) is 2. The number of halogens is 4. The normalized spacial score (nSPS) is 11.9. The highest BCUT2D eigenvalue weighted by Crippen LogP contribution is 2.22. The first-order chi connectivity index (χ1) is 14.9. The zero-order valence-electron chi connectivity index (χ0n) is 17.8. The van der Waals surface area contributed by atoms with Gasteiger partial charge in [-0.3, -0.25) is 14.3 Å². The number of amides is 2. The molecule has 8 nitrogen and oxygen atoms in total. The second kappa shape index (κ2) is 10.5. The number of nitrogens with zero attached hydrogens (tertiary/aromatic N) is 2. The van der Waals surface area contributed by atoms with Crippen molar-refractivity contribution in [2.45, 2.75) is 40.3 Å². The van der Waals surface area contributed by atoms with Crippen LogP contribution < -0.4 is 10.6 Å². The van der Waals surface area contributed by atoms with Crippen LogP contribution in [0.1, 0.15) is 36.8 Å². The summed E-state index contributed by atoms with van der Waals surface area (Å²) in [7, 11) is 0. The van der Waals surface area contributed by atoms with E-state index < -0.39 is 53.6 Å². The lowest BCUT2D eigenvalue weighted by atomic mass is 10.2. The van der Waals surface area contributed by atoms with Crippen LogP contribution in [0.15, 0.2) is 12.1 Å². The third-order valence-electron chi connectivity index (χ3n) is 4.19. The predicted molar refractivity (Wildman–Crippen MR) is 110 cm³/mol. The van der Waals surface area contributed by atoms with Crippen LogP contribution >= 0.6 is 11.6 Å². The first-order valence-electron chi connectivity index (χ1n) is 9.57. The third kappa shape index (κ3) is 6.00. The summed E-state index contributed by atoms with van der Waals surface area (Å²) in [4.78, 5) is 36.5. The third-order valence-corrected chi connectivity index (χ3v) is 4.58. The molecule has 0 bridgehead atoms. The van der Waals surface area contributed by atoms with Gasteiger partial charge in [-0.2, -0.15) is 5.10 Å². The van der Waals surface area contributed by atoms with Crippen LogP contribution in [0.4, 0.5) is 18.9 Å². The molecule has 0 spiro atoms. The maximum atomic E-state index is 13.6. The fourth-order valence-electron chi connectivity index (χ4n) is 2.65. The zero-order valence-corrected chi connectivity index (χ0v) is 18.5. The van der Waals surface area contributed by atoms with Crippen molar-refractivity contribution in [1.29, 1.82) is 0 Å². The molecule has 12 heteroatoms. The van der Waals surface area contributed by atoms with Gasteiger partial charge < -0.3 is 15.4 Å². The van der Waals surface area contributed by atoms with E-state index in [4.69, 9.17) is 16.3 Å². The Balaban J connectivity index is 1.93. The number of carbonyl (C=O) groups is 3. The van der Waals surface area contributed by atoms with Crippen LogP contribution in [-0.2, 0) is 20.9 Å². The molecule has 0 fully saturated rings. The maximum Gasteiger partial charge on any atom is 0.343 e. The summed E-state index contributed by atoms with van der Waals surface area (Å²) in [5.41, 5.74) is -0.231. The van der Waals surface area contributed by atoms with Crippen molar-refractivity contribution < 1.29 is 32.3 Å². The van der Waals surface area contributed by atoms with E-state index in [1.807, 2.05) is 19.2 Å². The van der Waals surface area contributed by atoms with Gasteiger partial charge in [0.1, 0.15) is 10.7 Å². The minimum atomic E-state index is -1.74. The standard InChI is InChI=1S/C20H22ClF3N4O4/c1-9(2)8-28-18(21)15(10(3)27-28)20(31)32-11(4)19(30)25-7-14(29)26-13-6-5-12(22)16(23)17(13)24/h5-6,9,11H,7-8H2,1-4H3,(H,25,30)(H,26,29)/t11-/m1/s1. The molecular formula is C20H22ClF3N4O4. The molecule has 2 rings (SSSR count). The summed E-state index contributed by atoms with van der Waals surface area (Å²) >= 11 is 6.21. The monoisotopic (exact) mass is 474 g/mol. The molecule has 1 aromatic heterocycles. The van der Waals surface area contributed by atoms with Gasteiger partial charge in [0.15, 0.2) is 23.6 Å². The average Bonchev–Trinajstić information content (AvgIpc) is 2.98. The van der Waals surface area contributed by atoms with Gasteiger partial charge >= 0.3 is 5.97 Å². The minimum absolute atomic E-state index is 0.0264. The van der Waals surface area contributed by atoms with Crippen LogP contribution in [-0.4, -0.2) is 40.2 Å². The second-order valence-electron chi connectivity index (χ2n) is 7.36. The van der Waals surface area contributed by atoms with Gasteiger partial charge in [-0.25, -0.2) is 18.0 Å². The van der Waals surface area contributed by atoms with Crippen molar-refractivity contribution in [1.82, 2.24) is 15.1 Å². The number of ether oxygens (including phenoxy) is 1. The average molecular weight is 475 g/mol. The van der Waals surface area contributed by atoms with Gasteiger partial charge in [-0.15, -0.1) is 0 Å². The van der Waals surface area contributed by atoms with E-state index in [-0.39, 0.29) is 16.6 Å². The van der Waals surface area contributed by atoms with E-state index in [1.165, 1.54) is 11.6 Å². The van der Waals surface area contributed by atoms with Gasteiger partial charge in [-0.05, 0) is 31.9 Å². The van der Waals surface area contributed by atoms with E-state index in [0.29, 0.717) is 18.3 Å². The number of aryl methyl sites for hydroxylation is 1. The lowest BCUT2D eigenvalue weighted by molar-refractivity contribution is -0.130. The van der Waals surface area contributed by atoms with Crippen LogP contribution in [0.25, 0.3) is 0 Å². The van der Waals surface area contributed by atoms with Crippen molar-refractivity contribution in [2.24, 2.45) is 5.92 Å². The molecule has 2 N–H and O–H groups in total. The van der Waals surface area contributed by atoms with E-state index in [0.717, 1.165) is 6.07 Å². The Morgan fingerprint density at radius 1 is 1.16 bits per heavy atom. The molecule has 2 aromatic rings.